The van der Waals surface area contributed by atoms with E-state index in [0.717, 1.165) is 9.75 Å². The minimum atomic E-state index is -0.512. The molecule has 0 aliphatic heterocycles. The van der Waals surface area contributed by atoms with Crippen LogP contribution in [0.2, 0.25) is 5.02 Å². The van der Waals surface area contributed by atoms with Crippen molar-refractivity contribution in [2.45, 2.75) is 20.0 Å². The zero-order chi connectivity index (χ0) is 13.1. The number of hydrogen-bond donors (Lipinski definition) is 0. The molecule has 18 heavy (non-hydrogen) atoms. The van der Waals surface area contributed by atoms with Crippen molar-refractivity contribution in [2.75, 3.05) is 0 Å². The predicted molar refractivity (Wildman–Crippen MR) is 74.9 cm³/mol. The summed E-state index contributed by atoms with van der Waals surface area (Å²) in [6.07, 6.45) is -0.512. The second-order valence-corrected chi connectivity index (χ2v) is 5.72. The van der Waals surface area contributed by atoms with Crippen LogP contribution in [-0.2, 0) is 0 Å². The topological polar surface area (TPSA) is 26.3 Å². The molecular weight excluding hydrogens is 268 g/mol. The van der Waals surface area contributed by atoms with Crippen molar-refractivity contribution < 1.29 is 9.53 Å². The van der Waals surface area contributed by atoms with Crippen LogP contribution in [0.1, 0.15) is 21.5 Å². The van der Waals surface area contributed by atoms with Crippen LogP contribution in [0.25, 0.3) is 0 Å². The molecule has 0 radical (unpaired) electrons. The minimum absolute atomic E-state index is 0.00641. The number of ether oxygens (including phenoxy) is 1. The third-order valence-corrected chi connectivity index (χ3v) is 3.71. The average Bonchev–Trinajstić information content (AvgIpc) is 2.75. The number of thiophene rings is 1. The Morgan fingerprint density at radius 1 is 1.33 bits per heavy atom. The number of aryl methyl sites for hydroxylation is 1. The number of carbonyl (C=O) groups excluding carboxylic acids is 1. The van der Waals surface area contributed by atoms with Gasteiger partial charge in [0.05, 0.1) is 4.88 Å². The first-order valence-electron chi connectivity index (χ1n) is 5.59. The maximum Gasteiger partial charge on any atom is 0.212 e. The number of rotatable bonds is 4. The quantitative estimate of drug-likeness (QED) is 0.778. The van der Waals surface area contributed by atoms with Crippen molar-refractivity contribution in [1.82, 2.24) is 0 Å². The standard InChI is InChI=1S/C14H13ClO2S/c1-9-6-7-13(18-9)14(16)10(2)17-12-5-3-4-11(15)8-12/h3-8,10H,1-2H3. The maximum atomic E-state index is 12.1. The van der Waals surface area contributed by atoms with E-state index < -0.39 is 6.10 Å². The molecule has 2 rings (SSSR count). The average molecular weight is 281 g/mol. The summed E-state index contributed by atoms with van der Waals surface area (Å²) in [5.41, 5.74) is 0. The van der Waals surface area contributed by atoms with Crippen LogP contribution in [0.3, 0.4) is 0 Å². The normalized spacial score (nSPS) is 12.2. The molecule has 0 amide bonds. The monoisotopic (exact) mass is 280 g/mol. The third-order valence-electron chi connectivity index (χ3n) is 2.46. The molecule has 0 saturated carbocycles. The number of benzene rings is 1. The van der Waals surface area contributed by atoms with Crippen LogP contribution >= 0.6 is 22.9 Å². The Labute approximate surface area is 115 Å². The summed E-state index contributed by atoms with van der Waals surface area (Å²) in [5, 5.41) is 0.596. The highest BCUT2D eigenvalue weighted by Crippen LogP contribution is 2.21. The fourth-order valence-corrected chi connectivity index (χ4v) is 2.63. The van der Waals surface area contributed by atoms with Crippen molar-refractivity contribution >= 4 is 28.7 Å². The van der Waals surface area contributed by atoms with E-state index in [4.69, 9.17) is 16.3 Å². The SMILES string of the molecule is Cc1ccc(C(=O)C(C)Oc2cccc(Cl)c2)s1. The van der Waals surface area contributed by atoms with E-state index in [1.54, 1.807) is 31.2 Å². The molecule has 2 aromatic rings. The lowest BCUT2D eigenvalue weighted by atomic mass is 10.2. The summed E-state index contributed by atoms with van der Waals surface area (Å²) >= 11 is 7.35. The molecule has 0 bridgehead atoms. The molecule has 0 saturated heterocycles. The summed E-state index contributed by atoms with van der Waals surface area (Å²) in [6, 6.07) is 10.8. The molecule has 1 heterocycles. The summed E-state index contributed by atoms with van der Waals surface area (Å²) in [5.74, 6) is 0.602. The van der Waals surface area contributed by atoms with Crippen LogP contribution in [0, 0.1) is 6.92 Å². The highest BCUT2D eigenvalue weighted by Gasteiger charge is 2.18. The Kier molecular flexibility index (Phi) is 4.04. The van der Waals surface area contributed by atoms with Gasteiger partial charge >= 0.3 is 0 Å². The van der Waals surface area contributed by atoms with Crippen molar-refractivity contribution in [3.8, 4) is 5.75 Å². The zero-order valence-corrected chi connectivity index (χ0v) is 11.7. The Hall–Kier alpha value is -1.32. The first kappa shape index (κ1) is 13.1. The predicted octanol–water partition coefficient (Wildman–Crippen LogP) is 4.36. The van der Waals surface area contributed by atoms with Gasteiger partial charge in [-0.05, 0) is 44.2 Å². The van der Waals surface area contributed by atoms with E-state index in [9.17, 15) is 4.79 Å². The summed E-state index contributed by atoms with van der Waals surface area (Å²) in [6.45, 7) is 3.72. The highest BCUT2D eigenvalue weighted by molar-refractivity contribution is 7.14. The third kappa shape index (κ3) is 3.12. The van der Waals surface area contributed by atoms with Gasteiger partial charge < -0.3 is 4.74 Å². The molecular formula is C14H13ClO2S. The molecule has 1 unspecified atom stereocenters. The number of halogens is 1. The second-order valence-electron chi connectivity index (χ2n) is 3.99. The van der Waals surface area contributed by atoms with Gasteiger partial charge in [-0.1, -0.05) is 17.7 Å². The molecule has 0 spiro atoms. The van der Waals surface area contributed by atoms with E-state index in [0.29, 0.717) is 10.8 Å². The summed E-state index contributed by atoms with van der Waals surface area (Å²) in [7, 11) is 0. The van der Waals surface area contributed by atoms with Crippen LogP contribution in [0.15, 0.2) is 36.4 Å². The van der Waals surface area contributed by atoms with Gasteiger partial charge in [0.2, 0.25) is 5.78 Å². The fourth-order valence-electron chi connectivity index (χ4n) is 1.57. The Morgan fingerprint density at radius 3 is 2.72 bits per heavy atom. The summed E-state index contributed by atoms with van der Waals surface area (Å²) < 4.78 is 5.59. The number of Topliss-reactive ketones (excluding diaryl/α,β-unsaturated/α-hetero) is 1. The van der Waals surface area contributed by atoms with Gasteiger partial charge in [0.1, 0.15) is 5.75 Å². The van der Waals surface area contributed by atoms with Crippen molar-refractivity contribution in [3.05, 3.63) is 51.2 Å². The number of ketones is 1. The fraction of sp³-hybridized carbons (Fsp3) is 0.214. The van der Waals surface area contributed by atoms with E-state index in [1.807, 2.05) is 19.1 Å². The van der Waals surface area contributed by atoms with Gasteiger partial charge in [0.25, 0.3) is 0 Å². The van der Waals surface area contributed by atoms with Crippen molar-refractivity contribution in [1.29, 1.82) is 0 Å². The molecule has 94 valence electrons. The van der Waals surface area contributed by atoms with Crippen LogP contribution in [-0.4, -0.2) is 11.9 Å². The van der Waals surface area contributed by atoms with Gasteiger partial charge in [-0.25, -0.2) is 0 Å². The molecule has 4 heteroatoms. The molecule has 0 aliphatic rings. The molecule has 1 aromatic carbocycles. The smallest absolute Gasteiger partial charge is 0.212 e. The first-order valence-corrected chi connectivity index (χ1v) is 6.78. The molecule has 2 nitrogen and oxygen atoms in total. The first-order chi connectivity index (χ1) is 8.56. The van der Waals surface area contributed by atoms with E-state index in [2.05, 4.69) is 0 Å². The Balaban J connectivity index is 2.08. The number of carbonyl (C=O) groups is 1. The Morgan fingerprint density at radius 2 is 2.11 bits per heavy atom. The highest BCUT2D eigenvalue weighted by atomic mass is 35.5. The molecule has 0 N–H and O–H groups in total. The van der Waals surface area contributed by atoms with Crippen LogP contribution in [0.4, 0.5) is 0 Å². The molecule has 1 aromatic heterocycles. The number of hydrogen-bond acceptors (Lipinski definition) is 3. The van der Waals surface area contributed by atoms with Crippen molar-refractivity contribution in [3.63, 3.8) is 0 Å². The van der Waals surface area contributed by atoms with Gasteiger partial charge in [-0.15, -0.1) is 11.3 Å². The van der Waals surface area contributed by atoms with E-state index in [-0.39, 0.29) is 5.78 Å². The largest absolute Gasteiger partial charge is 0.482 e. The van der Waals surface area contributed by atoms with Gasteiger partial charge in [-0.2, -0.15) is 0 Å². The summed E-state index contributed by atoms with van der Waals surface area (Å²) in [4.78, 5) is 13.9. The second kappa shape index (κ2) is 5.55. The van der Waals surface area contributed by atoms with Crippen molar-refractivity contribution in [2.24, 2.45) is 0 Å². The maximum absolute atomic E-state index is 12.1. The van der Waals surface area contributed by atoms with Crippen LogP contribution in [0.5, 0.6) is 5.75 Å². The lowest BCUT2D eigenvalue weighted by molar-refractivity contribution is 0.0822. The molecule has 0 fully saturated rings. The molecule has 1 atom stereocenters. The van der Waals surface area contributed by atoms with Gasteiger partial charge in [0.15, 0.2) is 6.10 Å². The van der Waals surface area contributed by atoms with Gasteiger partial charge in [0, 0.05) is 9.90 Å². The zero-order valence-electron chi connectivity index (χ0n) is 10.1. The van der Waals surface area contributed by atoms with Crippen LogP contribution < -0.4 is 4.74 Å². The van der Waals surface area contributed by atoms with E-state index >= 15 is 0 Å². The lowest BCUT2D eigenvalue weighted by Gasteiger charge is -2.12. The lowest BCUT2D eigenvalue weighted by Crippen LogP contribution is -2.23. The van der Waals surface area contributed by atoms with E-state index in [1.165, 1.54) is 11.3 Å². The molecule has 0 aliphatic carbocycles. The van der Waals surface area contributed by atoms with Gasteiger partial charge in [-0.3, -0.25) is 4.79 Å². The Bertz CT molecular complexity index is 562. The minimum Gasteiger partial charge on any atom is -0.482 e.